The number of cyclic esters (lactones) is 1. The normalized spacial score (nSPS) is 22.1. The van der Waals surface area contributed by atoms with Crippen LogP contribution in [0.5, 0.6) is 0 Å². The molecule has 0 aromatic heterocycles. The van der Waals surface area contributed by atoms with Crippen LogP contribution in [0.25, 0.3) is 0 Å². The maximum Gasteiger partial charge on any atom is 0.416 e. The minimum Gasteiger partial charge on any atom is -0.454 e. The molecule has 1 N–H and O–H groups in total. The van der Waals surface area contributed by atoms with Crippen LogP contribution in [0.3, 0.4) is 0 Å². The molecule has 3 fully saturated rings. The zero-order valence-electron chi connectivity index (χ0n) is 12.9. The monoisotopic (exact) mass is 339 g/mol. The van der Waals surface area contributed by atoms with Crippen molar-refractivity contribution >= 4 is 29.9 Å². The number of rotatable bonds is 4. The van der Waals surface area contributed by atoms with E-state index in [0.29, 0.717) is 12.8 Å². The first-order valence-corrected chi connectivity index (χ1v) is 7.70. The molecule has 24 heavy (non-hydrogen) atoms. The van der Waals surface area contributed by atoms with Crippen LogP contribution in [0, 0.1) is 0 Å². The zero-order valence-corrected chi connectivity index (χ0v) is 12.9. The molecule has 2 heterocycles. The van der Waals surface area contributed by atoms with Gasteiger partial charge < -0.3 is 14.8 Å². The number of carbonyl (C=O) groups is 5. The van der Waals surface area contributed by atoms with Gasteiger partial charge in [0.25, 0.3) is 11.8 Å². The number of imide groups is 2. The lowest BCUT2D eigenvalue weighted by Gasteiger charge is -2.19. The third-order valence-corrected chi connectivity index (χ3v) is 4.41. The Morgan fingerprint density at radius 1 is 1.21 bits per heavy atom. The number of hydrogen-bond donors (Lipinski definition) is 1. The smallest absolute Gasteiger partial charge is 0.416 e. The van der Waals surface area contributed by atoms with E-state index in [1.807, 2.05) is 0 Å². The van der Waals surface area contributed by atoms with Crippen LogP contribution >= 0.6 is 0 Å². The summed E-state index contributed by atoms with van der Waals surface area (Å²) >= 11 is 0. The summed E-state index contributed by atoms with van der Waals surface area (Å²) in [5.41, 5.74) is -0.896. The fraction of sp³-hybridized carbons (Fsp3) is 0.643. The molecule has 1 saturated carbocycles. The summed E-state index contributed by atoms with van der Waals surface area (Å²) < 4.78 is 9.36. The van der Waals surface area contributed by atoms with Crippen molar-refractivity contribution in [1.29, 1.82) is 0 Å². The van der Waals surface area contributed by atoms with Crippen molar-refractivity contribution in [3.8, 4) is 0 Å². The van der Waals surface area contributed by atoms with Crippen LogP contribution in [0.15, 0.2) is 0 Å². The number of amides is 5. The molecule has 2 saturated heterocycles. The number of nitrogens with one attached hydrogen (secondary N) is 1. The van der Waals surface area contributed by atoms with Crippen LogP contribution < -0.4 is 5.32 Å². The van der Waals surface area contributed by atoms with Gasteiger partial charge in [-0.3, -0.25) is 19.3 Å². The largest absolute Gasteiger partial charge is 0.454 e. The molecule has 3 rings (SSSR count). The Morgan fingerprint density at radius 3 is 2.54 bits per heavy atom. The second-order valence-electron chi connectivity index (χ2n) is 5.93. The van der Waals surface area contributed by atoms with E-state index >= 15 is 0 Å². The first-order chi connectivity index (χ1) is 11.4. The van der Waals surface area contributed by atoms with Gasteiger partial charge in [0.1, 0.15) is 18.7 Å². The van der Waals surface area contributed by atoms with Crippen molar-refractivity contribution in [2.24, 2.45) is 0 Å². The van der Waals surface area contributed by atoms with E-state index in [4.69, 9.17) is 4.74 Å². The van der Waals surface area contributed by atoms with Gasteiger partial charge in [0.2, 0.25) is 0 Å². The van der Waals surface area contributed by atoms with Crippen LogP contribution in [0.4, 0.5) is 9.59 Å². The lowest BCUT2D eigenvalue weighted by molar-refractivity contribution is -0.152. The third kappa shape index (κ3) is 2.79. The summed E-state index contributed by atoms with van der Waals surface area (Å²) in [7, 11) is 0. The average molecular weight is 339 g/mol. The molecule has 5 amide bonds. The van der Waals surface area contributed by atoms with E-state index in [9.17, 15) is 24.0 Å². The zero-order chi connectivity index (χ0) is 17.3. The highest BCUT2D eigenvalue weighted by molar-refractivity contribution is 6.09. The van der Waals surface area contributed by atoms with Gasteiger partial charge in [-0.1, -0.05) is 12.8 Å². The summed E-state index contributed by atoms with van der Waals surface area (Å²) in [6.07, 6.45) is 2.00. The molecule has 0 bridgehead atoms. The van der Waals surface area contributed by atoms with Crippen LogP contribution in [0.1, 0.15) is 25.7 Å². The molecule has 10 nitrogen and oxygen atoms in total. The Morgan fingerprint density at radius 2 is 1.92 bits per heavy atom. The molecule has 0 unspecified atom stereocenters. The maximum atomic E-state index is 12.4. The Labute approximate surface area is 137 Å². The molecule has 0 aromatic rings. The third-order valence-electron chi connectivity index (χ3n) is 4.41. The molecule has 2 aliphatic heterocycles. The molecule has 1 aliphatic carbocycles. The molecule has 1 spiro atoms. The van der Waals surface area contributed by atoms with Crippen molar-refractivity contribution in [1.82, 2.24) is 15.1 Å². The molecule has 0 aromatic carbocycles. The lowest BCUT2D eigenvalue weighted by Crippen LogP contribution is -2.44. The molecule has 3 aliphatic rings. The van der Waals surface area contributed by atoms with Crippen molar-refractivity contribution in [2.45, 2.75) is 31.2 Å². The van der Waals surface area contributed by atoms with Crippen LogP contribution in [-0.4, -0.2) is 71.6 Å². The number of esters is 1. The fourth-order valence-corrected chi connectivity index (χ4v) is 3.15. The SMILES string of the molecule is O=C(CN1C(=O)NC2(CCCC2)C1=O)OCC(=O)N1CCOC1=O. The highest BCUT2D eigenvalue weighted by Gasteiger charge is 2.52. The van der Waals surface area contributed by atoms with E-state index in [2.05, 4.69) is 10.1 Å². The van der Waals surface area contributed by atoms with Gasteiger partial charge >= 0.3 is 18.1 Å². The van der Waals surface area contributed by atoms with E-state index in [0.717, 1.165) is 22.6 Å². The summed E-state index contributed by atoms with van der Waals surface area (Å²) in [4.78, 5) is 60.7. The van der Waals surface area contributed by atoms with Crippen molar-refractivity contribution in [3.05, 3.63) is 0 Å². The summed E-state index contributed by atoms with van der Waals surface area (Å²) in [6.45, 7) is -1.01. The first-order valence-electron chi connectivity index (χ1n) is 7.70. The van der Waals surface area contributed by atoms with Crippen molar-refractivity contribution in [3.63, 3.8) is 0 Å². The molecule has 0 atom stereocenters. The summed E-state index contributed by atoms with van der Waals surface area (Å²) in [5, 5.41) is 2.64. The summed E-state index contributed by atoms with van der Waals surface area (Å²) in [5.74, 6) is -2.04. The minimum absolute atomic E-state index is 0.100. The Hall–Kier alpha value is -2.65. The Balaban J connectivity index is 1.51. The second kappa shape index (κ2) is 6.10. The van der Waals surface area contributed by atoms with E-state index in [1.165, 1.54) is 0 Å². The Kier molecular flexibility index (Phi) is 4.12. The highest BCUT2D eigenvalue weighted by atomic mass is 16.6. The number of ether oxygens (including phenoxy) is 2. The molecular weight excluding hydrogens is 322 g/mol. The summed E-state index contributed by atoms with van der Waals surface area (Å²) in [6, 6.07) is -0.631. The maximum absolute atomic E-state index is 12.4. The van der Waals surface area contributed by atoms with E-state index in [1.54, 1.807) is 0 Å². The number of hydrogen-bond acceptors (Lipinski definition) is 7. The second-order valence-corrected chi connectivity index (χ2v) is 5.93. The van der Waals surface area contributed by atoms with Crippen LogP contribution in [0.2, 0.25) is 0 Å². The molecule has 130 valence electrons. The lowest BCUT2D eigenvalue weighted by atomic mass is 9.98. The van der Waals surface area contributed by atoms with Gasteiger partial charge in [0.05, 0.1) is 6.54 Å². The minimum atomic E-state index is -0.896. The average Bonchev–Trinajstić information content (AvgIpc) is 3.23. The molecule has 10 heteroatoms. The van der Waals surface area contributed by atoms with Gasteiger partial charge in [0.15, 0.2) is 6.61 Å². The molecule has 0 radical (unpaired) electrons. The fourth-order valence-electron chi connectivity index (χ4n) is 3.15. The molecular formula is C14H17N3O7. The van der Waals surface area contributed by atoms with Crippen LogP contribution in [-0.2, 0) is 23.9 Å². The standard InChI is InChI=1S/C14H17N3O7/c18-9(16-5-6-23-13(16)22)8-24-10(19)7-17-11(20)14(15-12(17)21)3-1-2-4-14/h1-8H2,(H,15,21). The first kappa shape index (κ1) is 16.2. The number of nitrogens with zero attached hydrogens (tertiary/aromatic N) is 2. The van der Waals surface area contributed by atoms with Gasteiger partial charge in [0, 0.05) is 0 Å². The van der Waals surface area contributed by atoms with Crippen molar-refractivity contribution in [2.75, 3.05) is 26.3 Å². The van der Waals surface area contributed by atoms with E-state index in [-0.39, 0.29) is 13.2 Å². The highest BCUT2D eigenvalue weighted by Crippen LogP contribution is 2.34. The van der Waals surface area contributed by atoms with Gasteiger partial charge in [-0.2, -0.15) is 0 Å². The Bertz CT molecular complexity index is 611. The van der Waals surface area contributed by atoms with Gasteiger partial charge in [-0.05, 0) is 12.8 Å². The number of urea groups is 1. The van der Waals surface area contributed by atoms with Gasteiger partial charge in [-0.25, -0.2) is 14.5 Å². The predicted octanol–water partition coefficient (Wildman–Crippen LogP) is -0.627. The topological polar surface area (TPSA) is 122 Å². The predicted molar refractivity (Wildman–Crippen MR) is 75.5 cm³/mol. The van der Waals surface area contributed by atoms with Crippen molar-refractivity contribution < 1.29 is 33.4 Å². The number of carbonyl (C=O) groups excluding carboxylic acids is 5. The quantitative estimate of drug-likeness (QED) is 0.534. The van der Waals surface area contributed by atoms with Gasteiger partial charge in [-0.15, -0.1) is 0 Å². The van der Waals surface area contributed by atoms with E-state index < -0.39 is 48.6 Å².